The van der Waals surface area contributed by atoms with Gasteiger partial charge in [-0.2, -0.15) is 0 Å². The summed E-state index contributed by atoms with van der Waals surface area (Å²) in [5.74, 6) is -1.68. The molecule has 0 bridgehead atoms. The molecule has 28 nitrogen and oxygen atoms in total. The lowest BCUT2D eigenvalue weighted by Crippen LogP contribution is -2.69. The fourth-order valence-electron chi connectivity index (χ4n) is 7.41. The second kappa shape index (κ2) is 23.4. The number of nitrogens with one attached hydrogen (secondary N) is 2. The number of aliphatic hydroxyl groups excluding tert-OH is 16. The molecule has 362 valence electrons. The van der Waals surface area contributed by atoms with Gasteiger partial charge in [-0.3, -0.25) is 9.59 Å². The Labute approximate surface area is 352 Å². The van der Waals surface area contributed by atoms with Crippen molar-refractivity contribution in [1.29, 1.82) is 0 Å². The van der Waals surface area contributed by atoms with Gasteiger partial charge in [0.2, 0.25) is 11.8 Å². The highest BCUT2D eigenvalue weighted by Crippen LogP contribution is 2.34. The van der Waals surface area contributed by atoms with Gasteiger partial charge in [-0.05, 0) is 0 Å². The van der Waals surface area contributed by atoms with Crippen molar-refractivity contribution in [3.63, 3.8) is 0 Å². The summed E-state index contributed by atoms with van der Waals surface area (Å²) < 4.78 is 45.5. The third-order valence-corrected chi connectivity index (χ3v) is 10.8. The minimum Gasteiger partial charge on any atom is -0.394 e. The highest BCUT2D eigenvalue weighted by atomic mass is 16.8. The van der Waals surface area contributed by atoms with E-state index < -0.39 is 199 Å². The van der Waals surface area contributed by atoms with Crippen LogP contribution in [0.5, 0.6) is 0 Å². The molecular formula is C34H60N2O26. The molecule has 4 aliphatic rings. The molecule has 18 N–H and O–H groups in total. The Morgan fingerprint density at radius 2 is 0.871 bits per heavy atom. The van der Waals surface area contributed by atoms with Crippen molar-refractivity contribution < 1.29 is 129 Å². The summed E-state index contributed by atoms with van der Waals surface area (Å²) in [5, 5.41) is 172. The number of rotatable bonds is 19. The number of aliphatic hydroxyl groups is 16. The quantitative estimate of drug-likeness (QED) is 0.0572. The maximum atomic E-state index is 12.4. The van der Waals surface area contributed by atoms with Crippen LogP contribution >= 0.6 is 0 Å². The van der Waals surface area contributed by atoms with E-state index in [0.717, 1.165) is 13.8 Å². The Kier molecular flexibility index (Phi) is 19.9. The van der Waals surface area contributed by atoms with Gasteiger partial charge >= 0.3 is 0 Å². The first-order valence-electron chi connectivity index (χ1n) is 19.5. The van der Waals surface area contributed by atoms with E-state index in [4.69, 9.17) is 37.9 Å². The normalized spacial score (nSPS) is 43.6. The molecule has 4 rings (SSSR count). The lowest BCUT2D eigenvalue weighted by atomic mass is 9.94. The van der Waals surface area contributed by atoms with Gasteiger partial charge < -0.3 is 130 Å². The van der Waals surface area contributed by atoms with Crippen LogP contribution in [0, 0.1) is 0 Å². The van der Waals surface area contributed by atoms with Crippen molar-refractivity contribution in [3.8, 4) is 0 Å². The summed E-state index contributed by atoms with van der Waals surface area (Å²) in [6, 6.07) is -3.51. The van der Waals surface area contributed by atoms with Crippen LogP contribution in [-0.2, 0) is 47.5 Å². The molecule has 4 fully saturated rings. The first kappa shape index (κ1) is 52.6. The molecule has 0 aromatic carbocycles. The Morgan fingerprint density at radius 3 is 1.21 bits per heavy atom. The van der Waals surface area contributed by atoms with Crippen molar-refractivity contribution in [1.82, 2.24) is 10.6 Å². The Bertz CT molecular complexity index is 1390. The number of amides is 2. The summed E-state index contributed by atoms with van der Waals surface area (Å²) >= 11 is 0. The van der Waals surface area contributed by atoms with E-state index in [1.807, 2.05) is 0 Å². The van der Waals surface area contributed by atoms with Crippen molar-refractivity contribution >= 4 is 11.8 Å². The van der Waals surface area contributed by atoms with Crippen molar-refractivity contribution in [2.75, 3.05) is 39.6 Å². The maximum absolute atomic E-state index is 12.4. The minimum atomic E-state index is -2.27. The first-order chi connectivity index (χ1) is 29.3. The molecule has 4 saturated heterocycles. The van der Waals surface area contributed by atoms with Gasteiger partial charge in [0.15, 0.2) is 25.2 Å². The molecule has 62 heavy (non-hydrogen) atoms. The molecule has 0 spiro atoms. The van der Waals surface area contributed by atoms with Gasteiger partial charge in [0, 0.05) is 13.8 Å². The predicted octanol–water partition coefficient (Wildman–Crippen LogP) is -12.0. The molecular weight excluding hydrogens is 852 g/mol. The van der Waals surface area contributed by atoms with E-state index in [0.29, 0.717) is 0 Å². The summed E-state index contributed by atoms with van der Waals surface area (Å²) in [6.45, 7) is -4.05. The van der Waals surface area contributed by atoms with E-state index in [-0.39, 0.29) is 0 Å². The van der Waals surface area contributed by atoms with Crippen LogP contribution in [0.4, 0.5) is 0 Å². The average Bonchev–Trinajstić information content (AvgIpc) is 3.24. The van der Waals surface area contributed by atoms with Crippen LogP contribution < -0.4 is 10.6 Å². The molecule has 24 atom stereocenters. The molecule has 0 saturated carbocycles. The second-order valence-corrected chi connectivity index (χ2v) is 15.2. The van der Waals surface area contributed by atoms with Crippen LogP contribution in [0.25, 0.3) is 0 Å². The summed E-state index contributed by atoms with van der Waals surface area (Å²) in [7, 11) is 0. The zero-order valence-electron chi connectivity index (χ0n) is 33.3. The third-order valence-electron chi connectivity index (χ3n) is 10.8. The Hall–Kier alpha value is -2.02. The molecule has 28 heteroatoms. The van der Waals surface area contributed by atoms with Gasteiger partial charge in [0.05, 0.1) is 39.6 Å². The molecule has 4 heterocycles. The fourth-order valence-corrected chi connectivity index (χ4v) is 7.41. The maximum Gasteiger partial charge on any atom is 0.217 e. The number of carbonyl (C=O) groups is 2. The van der Waals surface area contributed by atoms with Crippen LogP contribution in [0.1, 0.15) is 13.8 Å². The number of hydrogen-bond donors (Lipinski definition) is 18. The van der Waals surface area contributed by atoms with Crippen LogP contribution in [0.15, 0.2) is 0 Å². The number of hydrogen-bond acceptors (Lipinski definition) is 26. The highest BCUT2D eigenvalue weighted by Gasteiger charge is 2.55. The fraction of sp³-hybridized carbons (Fsp3) is 0.941. The number of carbonyl (C=O) groups excluding carboxylic acids is 2. The van der Waals surface area contributed by atoms with Crippen molar-refractivity contribution in [2.45, 2.75) is 161 Å². The lowest BCUT2D eigenvalue weighted by Gasteiger charge is -2.49. The number of ether oxygens (including phenoxy) is 8. The summed E-state index contributed by atoms with van der Waals surface area (Å²) in [6.07, 6.45) is -41.3. The van der Waals surface area contributed by atoms with Gasteiger partial charge in [0.25, 0.3) is 0 Å². The van der Waals surface area contributed by atoms with Gasteiger partial charge in [-0.25, -0.2) is 0 Å². The molecule has 2 amide bonds. The predicted molar refractivity (Wildman–Crippen MR) is 192 cm³/mol. The Balaban J connectivity index is 1.63. The van der Waals surface area contributed by atoms with E-state index in [1.54, 1.807) is 0 Å². The highest BCUT2D eigenvalue weighted by molar-refractivity contribution is 5.73. The summed E-state index contributed by atoms with van der Waals surface area (Å²) in [4.78, 5) is 24.8. The largest absolute Gasteiger partial charge is 0.394 e. The molecule has 0 aromatic heterocycles. The molecule has 0 aromatic rings. The average molecular weight is 913 g/mol. The smallest absolute Gasteiger partial charge is 0.217 e. The molecule has 0 unspecified atom stereocenters. The van der Waals surface area contributed by atoms with Crippen LogP contribution in [0.3, 0.4) is 0 Å². The molecule has 0 radical (unpaired) electrons. The third kappa shape index (κ3) is 11.9. The molecule has 0 aliphatic carbocycles. The monoisotopic (exact) mass is 912 g/mol. The van der Waals surface area contributed by atoms with Gasteiger partial charge in [0.1, 0.15) is 122 Å². The lowest BCUT2D eigenvalue weighted by molar-refractivity contribution is -0.365. The SMILES string of the molecule is CC(=O)N[C@H]1[C@H](O[C@@H]([C@@H](O)[C@H](O)CO)[C@H](CO)O[C@@H]2O[C@H](CO)[C@@H](O[C@@H]3O[C@H](CO)[C@H](O)[C@H](O)[C@H]3O)[C@H](O)[C@H]2NC(C)=O)O[C@H](CO)[C@@H](O[C@@H]2O[C@H](CO)[C@H](O)[C@H](O)[C@H]2O)[C@@H]1O. The van der Waals surface area contributed by atoms with E-state index >= 15 is 0 Å². The standard InChI is InChI=1S/C34H60N2O26/c1-9(43)35-17-22(49)29(61-33-26(53)24(51)20(47)12(4-38)55-33)15(7-41)58-31(17)57-14(6-40)28(19(46)11(45)3-37)60-32-18(36-10(2)44)23(50)30(16(8-42)59-32)62-34-27(54)25(52)21(48)13(5-39)56-34/h11-34,37-42,45-54H,3-8H2,1-2H3,(H,35,43)(H,36,44)/t11-,12-,13-,14+,15-,16-,17-,18-,19+,20+,21+,22-,23-,24+,25+,26-,27-,28-,29-,30-,31-,32+,33+,34+/m1/s1. The first-order valence-corrected chi connectivity index (χ1v) is 19.5. The second-order valence-electron chi connectivity index (χ2n) is 15.2. The zero-order valence-corrected chi connectivity index (χ0v) is 33.3. The van der Waals surface area contributed by atoms with Crippen LogP contribution in [-0.4, -0.2) is 280 Å². The van der Waals surface area contributed by atoms with E-state index in [9.17, 15) is 91.3 Å². The van der Waals surface area contributed by atoms with Crippen molar-refractivity contribution in [2.24, 2.45) is 0 Å². The van der Waals surface area contributed by atoms with Gasteiger partial charge in [-0.1, -0.05) is 0 Å². The minimum absolute atomic E-state index is 0.831. The molecule has 4 aliphatic heterocycles. The van der Waals surface area contributed by atoms with Gasteiger partial charge in [-0.15, -0.1) is 0 Å². The Morgan fingerprint density at radius 1 is 0.500 bits per heavy atom. The van der Waals surface area contributed by atoms with E-state index in [2.05, 4.69) is 10.6 Å². The van der Waals surface area contributed by atoms with Crippen molar-refractivity contribution in [3.05, 3.63) is 0 Å². The van der Waals surface area contributed by atoms with Crippen LogP contribution in [0.2, 0.25) is 0 Å². The summed E-state index contributed by atoms with van der Waals surface area (Å²) in [5.41, 5.74) is 0. The zero-order chi connectivity index (χ0) is 46.3. The topological polar surface area (TPSA) is 456 Å². The van der Waals surface area contributed by atoms with E-state index in [1.165, 1.54) is 0 Å².